The maximum Gasteiger partial charge on any atom is 0.195 e. The van der Waals surface area contributed by atoms with Gasteiger partial charge in [-0.05, 0) is 17.9 Å². The molecule has 0 bridgehead atoms. The van der Waals surface area contributed by atoms with E-state index in [9.17, 15) is 0 Å². The van der Waals surface area contributed by atoms with E-state index in [0.717, 1.165) is 6.42 Å². The van der Waals surface area contributed by atoms with Crippen molar-refractivity contribution in [3.05, 3.63) is 22.4 Å². The van der Waals surface area contributed by atoms with Crippen LogP contribution in [0.2, 0.25) is 0 Å². The van der Waals surface area contributed by atoms with Gasteiger partial charge in [-0.2, -0.15) is 0 Å². The SMILES string of the molecule is CNC(=N)NC(=N)NCCc1cccs1. The highest BCUT2D eigenvalue weighted by Crippen LogP contribution is 2.07. The summed E-state index contributed by atoms with van der Waals surface area (Å²) < 4.78 is 0. The molecule has 0 aromatic carbocycles. The molecule has 82 valence electrons. The Labute approximate surface area is 92.9 Å². The molecular formula is C9H15N5S. The van der Waals surface area contributed by atoms with Crippen molar-refractivity contribution in [2.75, 3.05) is 13.6 Å². The number of hydrogen-bond acceptors (Lipinski definition) is 3. The number of hydrogen-bond donors (Lipinski definition) is 5. The van der Waals surface area contributed by atoms with Gasteiger partial charge < -0.3 is 10.6 Å². The summed E-state index contributed by atoms with van der Waals surface area (Å²) in [5.41, 5.74) is 0. The molecule has 0 saturated heterocycles. The predicted molar refractivity (Wildman–Crippen MR) is 63.7 cm³/mol. The topological polar surface area (TPSA) is 83.8 Å². The standard InChI is InChI=1S/C9H15N5S/c1-12-8(10)14-9(11)13-5-4-7-3-2-6-15-7/h2-3,6H,4-5H2,1H3,(H5,10,11,12,13,14). The first-order valence-electron chi connectivity index (χ1n) is 4.60. The van der Waals surface area contributed by atoms with E-state index in [-0.39, 0.29) is 11.9 Å². The van der Waals surface area contributed by atoms with Crippen LogP contribution in [0, 0.1) is 10.8 Å². The lowest BCUT2D eigenvalue weighted by Crippen LogP contribution is -2.45. The highest BCUT2D eigenvalue weighted by molar-refractivity contribution is 7.09. The molecule has 1 aromatic heterocycles. The molecule has 0 aliphatic heterocycles. The van der Waals surface area contributed by atoms with E-state index in [1.54, 1.807) is 18.4 Å². The summed E-state index contributed by atoms with van der Waals surface area (Å²) in [5, 5.41) is 24.8. The second-order valence-electron chi connectivity index (χ2n) is 2.88. The van der Waals surface area contributed by atoms with Gasteiger partial charge in [-0.25, -0.2) is 0 Å². The van der Waals surface area contributed by atoms with E-state index < -0.39 is 0 Å². The van der Waals surface area contributed by atoms with Gasteiger partial charge in [-0.15, -0.1) is 11.3 Å². The van der Waals surface area contributed by atoms with Crippen molar-refractivity contribution in [2.45, 2.75) is 6.42 Å². The second kappa shape index (κ2) is 6.02. The highest BCUT2D eigenvalue weighted by Gasteiger charge is 1.98. The van der Waals surface area contributed by atoms with Crippen molar-refractivity contribution in [3.8, 4) is 0 Å². The van der Waals surface area contributed by atoms with E-state index in [4.69, 9.17) is 10.8 Å². The van der Waals surface area contributed by atoms with Gasteiger partial charge in [-0.1, -0.05) is 6.07 Å². The molecule has 15 heavy (non-hydrogen) atoms. The number of thiophene rings is 1. The van der Waals surface area contributed by atoms with Gasteiger partial charge in [0, 0.05) is 18.5 Å². The Morgan fingerprint density at radius 1 is 1.40 bits per heavy atom. The van der Waals surface area contributed by atoms with Gasteiger partial charge in [-0.3, -0.25) is 16.1 Å². The molecule has 6 heteroatoms. The predicted octanol–water partition coefficient (Wildman–Crippen LogP) is 0.559. The molecule has 5 nitrogen and oxygen atoms in total. The maximum atomic E-state index is 7.45. The summed E-state index contributed by atoms with van der Waals surface area (Å²) in [6, 6.07) is 4.08. The normalized spacial score (nSPS) is 9.40. The molecule has 1 rings (SSSR count). The zero-order valence-electron chi connectivity index (χ0n) is 8.55. The van der Waals surface area contributed by atoms with Crippen molar-refractivity contribution in [1.82, 2.24) is 16.0 Å². The fourth-order valence-corrected chi connectivity index (χ4v) is 1.71. The van der Waals surface area contributed by atoms with Crippen molar-refractivity contribution < 1.29 is 0 Å². The van der Waals surface area contributed by atoms with Crippen molar-refractivity contribution in [1.29, 1.82) is 10.8 Å². The molecule has 1 heterocycles. The lowest BCUT2D eigenvalue weighted by Gasteiger charge is -2.09. The van der Waals surface area contributed by atoms with E-state index in [0.29, 0.717) is 6.54 Å². The average molecular weight is 225 g/mol. The maximum absolute atomic E-state index is 7.45. The van der Waals surface area contributed by atoms with E-state index in [2.05, 4.69) is 22.0 Å². The Bertz CT molecular complexity index is 319. The highest BCUT2D eigenvalue weighted by atomic mass is 32.1. The van der Waals surface area contributed by atoms with Crippen LogP contribution in [0.3, 0.4) is 0 Å². The zero-order chi connectivity index (χ0) is 11.1. The fourth-order valence-electron chi connectivity index (χ4n) is 0.997. The Hall–Kier alpha value is -1.56. The summed E-state index contributed by atoms with van der Waals surface area (Å²) in [7, 11) is 1.63. The van der Waals surface area contributed by atoms with Crippen LogP contribution in [-0.4, -0.2) is 25.5 Å². The Morgan fingerprint density at radius 2 is 2.20 bits per heavy atom. The molecule has 0 spiro atoms. The van der Waals surface area contributed by atoms with Gasteiger partial charge in [0.15, 0.2) is 11.9 Å². The first-order valence-corrected chi connectivity index (χ1v) is 5.48. The molecule has 0 aliphatic rings. The second-order valence-corrected chi connectivity index (χ2v) is 3.91. The van der Waals surface area contributed by atoms with Crippen molar-refractivity contribution in [2.24, 2.45) is 0 Å². The number of rotatable bonds is 3. The Kier molecular flexibility index (Phi) is 4.62. The lowest BCUT2D eigenvalue weighted by atomic mass is 10.3. The molecule has 0 unspecified atom stereocenters. The molecule has 0 atom stereocenters. The van der Waals surface area contributed by atoms with E-state index >= 15 is 0 Å². The summed E-state index contributed by atoms with van der Waals surface area (Å²) in [6.45, 7) is 0.698. The van der Waals surface area contributed by atoms with Crippen molar-refractivity contribution in [3.63, 3.8) is 0 Å². The van der Waals surface area contributed by atoms with Crippen LogP contribution in [0.5, 0.6) is 0 Å². The van der Waals surface area contributed by atoms with Crippen LogP contribution in [0.15, 0.2) is 17.5 Å². The third-order valence-corrected chi connectivity index (χ3v) is 2.69. The van der Waals surface area contributed by atoms with Crippen LogP contribution in [0.25, 0.3) is 0 Å². The number of guanidine groups is 2. The van der Waals surface area contributed by atoms with Crippen LogP contribution in [-0.2, 0) is 6.42 Å². The molecule has 5 N–H and O–H groups in total. The summed E-state index contributed by atoms with van der Waals surface area (Å²) in [5.74, 6) is 0.259. The smallest absolute Gasteiger partial charge is 0.195 e. The van der Waals surface area contributed by atoms with E-state index in [1.165, 1.54) is 4.88 Å². The molecule has 0 fully saturated rings. The first kappa shape index (κ1) is 11.5. The number of nitrogens with one attached hydrogen (secondary N) is 5. The monoisotopic (exact) mass is 225 g/mol. The van der Waals surface area contributed by atoms with Crippen molar-refractivity contribution >= 4 is 23.3 Å². The zero-order valence-corrected chi connectivity index (χ0v) is 9.37. The molecular weight excluding hydrogens is 210 g/mol. The van der Waals surface area contributed by atoms with Gasteiger partial charge in [0.2, 0.25) is 0 Å². The van der Waals surface area contributed by atoms with Crippen LogP contribution < -0.4 is 16.0 Å². The van der Waals surface area contributed by atoms with Gasteiger partial charge in [0.05, 0.1) is 0 Å². The van der Waals surface area contributed by atoms with E-state index in [1.807, 2.05) is 11.4 Å². The average Bonchev–Trinajstić information content (AvgIpc) is 2.70. The van der Waals surface area contributed by atoms with Crippen LogP contribution in [0.1, 0.15) is 4.88 Å². The third-order valence-electron chi connectivity index (χ3n) is 1.75. The first-order chi connectivity index (χ1) is 7.22. The summed E-state index contributed by atoms with van der Waals surface area (Å²) in [4.78, 5) is 1.29. The van der Waals surface area contributed by atoms with Crippen LogP contribution >= 0.6 is 11.3 Å². The Morgan fingerprint density at radius 3 is 2.80 bits per heavy atom. The Balaban J connectivity index is 2.15. The fraction of sp³-hybridized carbons (Fsp3) is 0.333. The minimum Gasteiger partial charge on any atom is -0.359 e. The molecule has 0 aliphatic carbocycles. The van der Waals surface area contributed by atoms with Gasteiger partial charge >= 0.3 is 0 Å². The quantitative estimate of drug-likeness (QED) is 0.385. The minimum absolute atomic E-state index is 0.114. The minimum atomic E-state index is 0.114. The van der Waals surface area contributed by atoms with Crippen LogP contribution in [0.4, 0.5) is 0 Å². The molecule has 0 amide bonds. The molecule has 0 radical (unpaired) electrons. The largest absolute Gasteiger partial charge is 0.359 e. The van der Waals surface area contributed by atoms with Gasteiger partial charge in [0.25, 0.3) is 0 Å². The summed E-state index contributed by atoms with van der Waals surface area (Å²) >= 11 is 1.71. The molecule has 1 aromatic rings. The van der Waals surface area contributed by atoms with Gasteiger partial charge in [0.1, 0.15) is 0 Å². The third kappa shape index (κ3) is 4.46. The molecule has 0 saturated carbocycles. The lowest BCUT2D eigenvalue weighted by molar-refractivity contribution is 0.846. The summed E-state index contributed by atoms with van der Waals surface area (Å²) in [6.07, 6.45) is 0.897.